The van der Waals surface area contributed by atoms with Gasteiger partial charge in [0.15, 0.2) is 0 Å². The molecule has 108 valence electrons. The van der Waals surface area contributed by atoms with Gasteiger partial charge in [-0.1, -0.05) is 68.7 Å². The van der Waals surface area contributed by atoms with Gasteiger partial charge < -0.3 is 15.3 Å². The van der Waals surface area contributed by atoms with Gasteiger partial charge in [0.05, 0.1) is 0 Å². The number of rotatable bonds is 10. The molecule has 0 aromatic heterocycles. The highest BCUT2D eigenvalue weighted by Gasteiger charge is 2.15. The molecule has 19 heavy (non-hydrogen) atoms. The van der Waals surface area contributed by atoms with E-state index in [9.17, 15) is 0 Å². The monoisotopic (exact) mass is 266 g/mol. The van der Waals surface area contributed by atoms with Crippen LogP contribution in [0.3, 0.4) is 0 Å². The molecular weight excluding hydrogens is 240 g/mol. The maximum atomic E-state index is 9.04. The molecule has 0 fully saturated rings. The minimum absolute atomic E-state index is 0.714. The third-order valence-corrected chi connectivity index (χ3v) is 2.51. The van der Waals surface area contributed by atoms with E-state index in [4.69, 9.17) is 15.3 Å². The molecular formula is C16H26O3. The third kappa shape index (κ3) is 13.1. The number of allylic oxidation sites excluding steroid dienone is 7. The maximum absolute atomic E-state index is 9.04. The summed E-state index contributed by atoms with van der Waals surface area (Å²) in [6, 6.07) is 0. The van der Waals surface area contributed by atoms with E-state index in [1.165, 1.54) is 31.8 Å². The standard InChI is InChI=1S/C16H26O3/c1-2-3-4-5-6-7-8-9-10-11-12-13-14-16(18,19)15-17/h7-14,17-19H,2-6,15H2,1H3. The summed E-state index contributed by atoms with van der Waals surface area (Å²) in [5.74, 6) is -2.13. The first-order valence-electron chi connectivity index (χ1n) is 6.85. The summed E-state index contributed by atoms with van der Waals surface area (Å²) < 4.78 is 0. The lowest BCUT2D eigenvalue weighted by atomic mass is 10.1. The fourth-order valence-electron chi connectivity index (χ4n) is 1.38. The molecule has 0 saturated carbocycles. The van der Waals surface area contributed by atoms with E-state index in [-0.39, 0.29) is 0 Å². The van der Waals surface area contributed by atoms with Gasteiger partial charge in [-0.3, -0.25) is 0 Å². The van der Waals surface area contributed by atoms with Crippen molar-refractivity contribution in [3.63, 3.8) is 0 Å². The van der Waals surface area contributed by atoms with Gasteiger partial charge in [-0.2, -0.15) is 0 Å². The third-order valence-electron chi connectivity index (χ3n) is 2.51. The van der Waals surface area contributed by atoms with E-state index >= 15 is 0 Å². The van der Waals surface area contributed by atoms with Crippen LogP contribution in [-0.2, 0) is 0 Å². The van der Waals surface area contributed by atoms with Crippen molar-refractivity contribution in [3.05, 3.63) is 48.6 Å². The first kappa shape index (κ1) is 17.8. The molecule has 0 saturated heterocycles. The van der Waals surface area contributed by atoms with E-state index in [0.717, 1.165) is 12.5 Å². The minimum atomic E-state index is -2.13. The first-order chi connectivity index (χ1) is 9.12. The predicted molar refractivity (Wildman–Crippen MR) is 79.6 cm³/mol. The van der Waals surface area contributed by atoms with Crippen LogP contribution in [0.1, 0.15) is 39.0 Å². The normalized spacial score (nSPS) is 13.7. The van der Waals surface area contributed by atoms with Crippen molar-refractivity contribution in [1.29, 1.82) is 0 Å². The van der Waals surface area contributed by atoms with E-state index in [0.29, 0.717) is 0 Å². The van der Waals surface area contributed by atoms with E-state index in [2.05, 4.69) is 13.0 Å². The van der Waals surface area contributed by atoms with Crippen molar-refractivity contribution < 1.29 is 15.3 Å². The van der Waals surface area contributed by atoms with Gasteiger partial charge in [0.2, 0.25) is 5.79 Å². The quantitative estimate of drug-likeness (QED) is 0.324. The second kappa shape index (κ2) is 11.9. The summed E-state index contributed by atoms with van der Waals surface area (Å²) in [4.78, 5) is 0. The molecule has 0 spiro atoms. The van der Waals surface area contributed by atoms with Crippen LogP contribution in [0.4, 0.5) is 0 Å². The molecule has 0 aliphatic carbocycles. The molecule has 0 rings (SSSR count). The molecule has 3 heteroatoms. The highest BCUT2D eigenvalue weighted by atomic mass is 16.5. The van der Waals surface area contributed by atoms with Crippen molar-refractivity contribution in [2.45, 2.75) is 44.8 Å². The highest BCUT2D eigenvalue weighted by Crippen LogP contribution is 2.02. The Morgan fingerprint density at radius 1 is 0.842 bits per heavy atom. The Morgan fingerprint density at radius 3 is 2.11 bits per heavy atom. The van der Waals surface area contributed by atoms with Crippen LogP contribution in [0.15, 0.2) is 48.6 Å². The number of aliphatic hydroxyl groups is 3. The van der Waals surface area contributed by atoms with Gasteiger partial charge in [0, 0.05) is 0 Å². The SMILES string of the molecule is CCCCCCC=CC=CC=CC=CC(O)(O)CO. The first-order valence-corrected chi connectivity index (χ1v) is 6.85. The van der Waals surface area contributed by atoms with Crippen molar-refractivity contribution in [1.82, 2.24) is 0 Å². The fourth-order valence-corrected chi connectivity index (χ4v) is 1.38. The van der Waals surface area contributed by atoms with Gasteiger partial charge in [-0.15, -0.1) is 0 Å². The Morgan fingerprint density at radius 2 is 1.47 bits per heavy atom. The van der Waals surface area contributed by atoms with Crippen LogP contribution in [-0.4, -0.2) is 27.7 Å². The van der Waals surface area contributed by atoms with Gasteiger partial charge >= 0.3 is 0 Å². The molecule has 0 heterocycles. The van der Waals surface area contributed by atoms with Crippen molar-refractivity contribution in [2.24, 2.45) is 0 Å². The fraction of sp³-hybridized carbons (Fsp3) is 0.500. The summed E-state index contributed by atoms with van der Waals surface area (Å²) >= 11 is 0. The number of unbranched alkanes of at least 4 members (excludes halogenated alkanes) is 4. The average Bonchev–Trinajstić information content (AvgIpc) is 2.40. The summed E-state index contributed by atoms with van der Waals surface area (Å²) in [5.41, 5.74) is 0. The zero-order valence-corrected chi connectivity index (χ0v) is 11.7. The largest absolute Gasteiger partial charge is 0.390 e. The number of hydrogen-bond acceptors (Lipinski definition) is 3. The Kier molecular flexibility index (Phi) is 11.2. The molecule has 0 aliphatic rings. The van der Waals surface area contributed by atoms with Crippen LogP contribution in [0.2, 0.25) is 0 Å². The van der Waals surface area contributed by atoms with Crippen LogP contribution in [0.25, 0.3) is 0 Å². The molecule has 0 aromatic rings. The number of hydrogen-bond donors (Lipinski definition) is 3. The Hall–Kier alpha value is -1.16. The minimum Gasteiger partial charge on any atom is -0.390 e. The number of aliphatic hydroxyl groups excluding tert-OH is 1. The average molecular weight is 266 g/mol. The second-order valence-electron chi connectivity index (χ2n) is 4.44. The molecule has 0 atom stereocenters. The van der Waals surface area contributed by atoms with E-state index < -0.39 is 12.4 Å². The van der Waals surface area contributed by atoms with Gasteiger partial charge in [0.25, 0.3) is 0 Å². The summed E-state index contributed by atoms with van der Waals surface area (Å²) in [7, 11) is 0. The van der Waals surface area contributed by atoms with Crippen LogP contribution >= 0.6 is 0 Å². The van der Waals surface area contributed by atoms with Gasteiger partial charge in [-0.25, -0.2) is 0 Å². The zero-order valence-electron chi connectivity index (χ0n) is 11.7. The molecule has 0 aliphatic heterocycles. The Balaban J connectivity index is 3.70. The van der Waals surface area contributed by atoms with Crippen molar-refractivity contribution in [2.75, 3.05) is 6.61 Å². The smallest absolute Gasteiger partial charge is 0.207 e. The highest BCUT2D eigenvalue weighted by molar-refractivity contribution is 5.16. The van der Waals surface area contributed by atoms with Crippen molar-refractivity contribution >= 4 is 0 Å². The molecule has 0 unspecified atom stereocenters. The lowest BCUT2D eigenvalue weighted by Gasteiger charge is -2.11. The topological polar surface area (TPSA) is 60.7 Å². The van der Waals surface area contributed by atoms with Crippen LogP contribution in [0, 0.1) is 0 Å². The Bertz CT molecular complexity index is 312. The van der Waals surface area contributed by atoms with Crippen LogP contribution in [0.5, 0.6) is 0 Å². The zero-order chi connectivity index (χ0) is 14.4. The molecule has 0 bridgehead atoms. The van der Waals surface area contributed by atoms with Gasteiger partial charge in [-0.05, 0) is 18.9 Å². The molecule has 3 nitrogen and oxygen atoms in total. The van der Waals surface area contributed by atoms with E-state index in [1.807, 2.05) is 18.2 Å². The predicted octanol–water partition coefficient (Wildman–Crippen LogP) is 2.85. The molecule has 0 aromatic carbocycles. The molecule has 0 radical (unpaired) electrons. The van der Waals surface area contributed by atoms with Crippen LogP contribution < -0.4 is 0 Å². The lowest BCUT2D eigenvalue weighted by molar-refractivity contribution is -0.146. The molecule has 0 amide bonds. The lowest BCUT2D eigenvalue weighted by Crippen LogP contribution is -2.29. The summed E-state index contributed by atoms with van der Waals surface area (Å²) in [5, 5.41) is 26.7. The summed E-state index contributed by atoms with van der Waals surface area (Å²) in [6.45, 7) is 1.49. The van der Waals surface area contributed by atoms with Gasteiger partial charge in [0.1, 0.15) is 6.61 Å². The molecule has 3 N–H and O–H groups in total. The maximum Gasteiger partial charge on any atom is 0.207 e. The Labute approximate surface area is 116 Å². The summed E-state index contributed by atoms with van der Waals surface area (Å²) in [6.07, 6.45) is 20.2. The van der Waals surface area contributed by atoms with Crippen molar-refractivity contribution in [3.8, 4) is 0 Å². The van der Waals surface area contributed by atoms with E-state index in [1.54, 1.807) is 12.2 Å². The second-order valence-corrected chi connectivity index (χ2v) is 4.44.